The molecule has 0 radical (unpaired) electrons. The van der Waals surface area contributed by atoms with E-state index in [2.05, 4.69) is 0 Å². The van der Waals surface area contributed by atoms with Crippen LogP contribution in [0.5, 0.6) is 0 Å². The lowest BCUT2D eigenvalue weighted by Crippen LogP contribution is -2.69. The predicted octanol–water partition coefficient (Wildman–Crippen LogP) is 3.73. The minimum absolute atomic E-state index is 0.0464. The Bertz CT molecular complexity index is 983. The van der Waals surface area contributed by atoms with Crippen LogP contribution in [-0.4, -0.2) is 29.7 Å². The highest BCUT2D eigenvalue weighted by Gasteiger charge is 2.69. The Kier molecular flexibility index (Phi) is 5.09. The molecule has 1 aliphatic rings. The van der Waals surface area contributed by atoms with Gasteiger partial charge < -0.3 is 5.32 Å². The van der Waals surface area contributed by atoms with Crippen molar-refractivity contribution in [2.24, 2.45) is 0 Å². The van der Waals surface area contributed by atoms with Gasteiger partial charge in [-0.25, -0.2) is 9.69 Å². The number of nitrogens with zero attached hydrogens (tertiary/aromatic N) is 1. The molecule has 2 N–H and O–H groups in total. The molecule has 9 heteroatoms. The fraction of sp³-hybridized carbons (Fsp3) is 0.286. The lowest BCUT2D eigenvalue weighted by molar-refractivity contribution is -0.197. The summed E-state index contributed by atoms with van der Waals surface area (Å²) in [5, 5.41) is 3.32. The summed E-state index contributed by atoms with van der Waals surface area (Å²) in [7, 11) is 0. The first-order valence-electron chi connectivity index (χ1n) is 9.08. The van der Waals surface area contributed by atoms with Crippen molar-refractivity contribution in [3.8, 4) is 0 Å². The van der Waals surface area contributed by atoms with Crippen molar-refractivity contribution < 1.29 is 27.6 Å². The number of imide groups is 1. The maximum atomic E-state index is 13.9. The molecule has 3 rings (SSSR count). The van der Waals surface area contributed by atoms with Crippen LogP contribution < -0.4 is 15.5 Å². The number of urea groups is 1. The van der Waals surface area contributed by atoms with Crippen molar-refractivity contribution in [2.75, 3.05) is 4.90 Å². The minimum atomic E-state index is -5.27. The molecule has 30 heavy (non-hydrogen) atoms. The average molecular weight is 419 g/mol. The van der Waals surface area contributed by atoms with E-state index in [0.717, 1.165) is 5.56 Å². The molecule has 4 amide bonds. The molecule has 0 saturated carbocycles. The fourth-order valence-corrected chi connectivity index (χ4v) is 3.05. The largest absolute Gasteiger partial charge is 0.440 e. The normalized spacial score (nSPS) is 19.6. The number of rotatable bonds is 3. The van der Waals surface area contributed by atoms with Crippen molar-refractivity contribution in [3.05, 3.63) is 65.7 Å². The molecule has 158 valence electrons. The van der Waals surface area contributed by atoms with E-state index in [1.54, 1.807) is 28.8 Å². The second-order valence-corrected chi connectivity index (χ2v) is 7.94. The number of carbonyl (C=O) groups excluding carboxylic acids is 3. The Morgan fingerprint density at radius 3 is 2.03 bits per heavy atom. The van der Waals surface area contributed by atoms with Crippen LogP contribution in [0.3, 0.4) is 0 Å². The summed E-state index contributed by atoms with van der Waals surface area (Å²) >= 11 is 0. The number of para-hydroxylation sites is 1. The fourth-order valence-electron chi connectivity index (χ4n) is 3.05. The molecule has 1 saturated heterocycles. The lowest BCUT2D eigenvalue weighted by atomic mass is 9.86. The molecule has 0 spiro atoms. The van der Waals surface area contributed by atoms with Crippen LogP contribution in [0.15, 0.2) is 54.6 Å². The molecule has 2 aromatic carbocycles. The predicted molar refractivity (Wildman–Crippen MR) is 104 cm³/mol. The van der Waals surface area contributed by atoms with E-state index in [4.69, 9.17) is 0 Å². The summed E-state index contributed by atoms with van der Waals surface area (Å²) in [6.45, 7) is 5.85. The first-order valence-corrected chi connectivity index (χ1v) is 9.08. The number of carbonyl (C=O) groups is 3. The van der Waals surface area contributed by atoms with Crippen molar-refractivity contribution in [1.82, 2.24) is 10.6 Å². The van der Waals surface area contributed by atoms with E-state index in [1.807, 2.05) is 20.8 Å². The Balaban J connectivity index is 1.95. The Hall–Kier alpha value is -3.36. The van der Waals surface area contributed by atoms with Gasteiger partial charge in [-0.3, -0.25) is 14.9 Å². The van der Waals surface area contributed by atoms with Crippen molar-refractivity contribution in [3.63, 3.8) is 0 Å². The maximum Gasteiger partial charge on any atom is 0.440 e. The molecular formula is C21H20F3N3O3. The molecule has 0 aliphatic carbocycles. The molecule has 2 aromatic rings. The molecule has 1 unspecified atom stereocenters. The Morgan fingerprint density at radius 2 is 1.53 bits per heavy atom. The van der Waals surface area contributed by atoms with Crippen LogP contribution in [0.1, 0.15) is 36.7 Å². The van der Waals surface area contributed by atoms with E-state index in [1.165, 1.54) is 36.4 Å². The molecule has 6 nitrogen and oxygen atoms in total. The number of nitrogens with one attached hydrogen (secondary N) is 2. The number of benzene rings is 2. The van der Waals surface area contributed by atoms with Gasteiger partial charge in [-0.05, 0) is 35.2 Å². The number of anilines is 1. The number of halogens is 3. The Labute approximate surface area is 171 Å². The van der Waals surface area contributed by atoms with Crippen molar-refractivity contribution in [2.45, 2.75) is 38.0 Å². The first kappa shape index (κ1) is 21.4. The van der Waals surface area contributed by atoms with Gasteiger partial charge in [-0.15, -0.1) is 0 Å². The summed E-state index contributed by atoms with van der Waals surface area (Å²) in [5.41, 5.74) is -3.03. The van der Waals surface area contributed by atoms with E-state index in [9.17, 15) is 27.6 Å². The number of hydrogen-bond donors (Lipinski definition) is 2. The van der Waals surface area contributed by atoms with E-state index < -0.39 is 29.7 Å². The lowest BCUT2D eigenvalue weighted by Gasteiger charge is -2.30. The third kappa shape index (κ3) is 3.62. The van der Waals surface area contributed by atoms with Gasteiger partial charge >= 0.3 is 12.2 Å². The van der Waals surface area contributed by atoms with Gasteiger partial charge in [0.1, 0.15) is 0 Å². The highest BCUT2D eigenvalue weighted by molar-refractivity contribution is 6.24. The van der Waals surface area contributed by atoms with Gasteiger partial charge in [0.05, 0.1) is 5.69 Å². The summed E-state index contributed by atoms with van der Waals surface area (Å²) < 4.78 is 41.8. The van der Waals surface area contributed by atoms with E-state index >= 15 is 0 Å². The van der Waals surface area contributed by atoms with Gasteiger partial charge in [-0.2, -0.15) is 13.2 Å². The first-order chi connectivity index (χ1) is 13.9. The van der Waals surface area contributed by atoms with Crippen LogP contribution in [0.4, 0.5) is 23.7 Å². The SMILES string of the molecule is CC(C)(C)c1ccc(C(=O)NC2(C(F)(F)F)NC(=O)N(c3ccccc3)C2=O)cc1. The van der Waals surface area contributed by atoms with Crippen LogP contribution in [0.2, 0.25) is 0 Å². The highest BCUT2D eigenvalue weighted by atomic mass is 19.4. The second kappa shape index (κ2) is 7.16. The maximum absolute atomic E-state index is 13.9. The van der Waals surface area contributed by atoms with E-state index in [0.29, 0.717) is 4.90 Å². The minimum Gasteiger partial charge on any atom is -0.314 e. The molecule has 0 bridgehead atoms. The molecular weight excluding hydrogens is 399 g/mol. The van der Waals surface area contributed by atoms with Gasteiger partial charge in [0.15, 0.2) is 0 Å². The summed E-state index contributed by atoms with van der Waals surface area (Å²) in [6, 6.07) is 11.9. The smallest absolute Gasteiger partial charge is 0.314 e. The van der Waals surface area contributed by atoms with Crippen LogP contribution in [0, 0.1) is 0 Å². The quantitative estimate of drug-likeness (QED) is 0.745. The number of amides is 4. The third-order valence-electron chi connectivity index (χ3n) is 4.78. The zero-order valence-corrected chi connectivity index (χ0v) is 16.5. The molecule has 1 atom stereocenters. The Morgan fingerprint density at radius 1 is 0.967 bits per heavy atom. The summed E-state index contributed by atoms with van der Waals surface area (Å²) in [6.07, 6.45) is -5.27. The van der Waals surface area contributed by atoms with Crippen LogP contribution in [-0.2, 0) is 10.2 Å². The zero-order chi connectivity index (χ0) is 22.3. The topological polar surface area (TPSA) is 78.5 Å². The van der Waals surface area contributed by atoms with Crippen molar-refractivity contribution >= 4 is 23.5 Å². The zero-order valence-electron chi connectivity index (χ0n) is 16.5. The van der Waals surface area contributed by atoms with Crippen LogP contribution >= 0.6 is 0 Å². The highest BCUT2D eigenvalue weighted by Crippen LogP contribution is 2.36. The molecule has 0 aromatic heterocycles. The van der Waals surface area contributed by atoms with E-state index in [-0.39, 0.29) is 16.7 Å². The summed E-state index contributed by atoms with van der Waals surface area (Å²) in [5.74, 6) is -2.78. The van der Waals surface area contributed by atoms with Gasteiger partial charge in [-0.1, -0.05) is 51.1 Å². The third-order valence-corrected chi connectivity index (χ3v) is 4.78. The molecule has 1 heterocycles. The van der Waals surface area contributed by atoms with Crippen LogP contribution in [0.25, 0.3) is 0 Å². The standard InChI is InChI=1S/C21H20F3N3O3/c1-19(2,3)14-11-9-13(10-12-14)16(28)25-20(21(22,23)24)17(29)27(18(30)26-20)15-7-5-4-6-8-15/h4-12H,1-3H3,(H,25,28)(H,26,30). The van der Waals surface area contributed by atoms with Gasteiger partial charge in [0.25, 0.3) is 17.5 Å². The monoisotopic (exact) mass is 419 g/mol. The average Bonchev–Trinajstić information content (AvgIpc) is 2.92. The summed E-state index contributed by atoms with van der Waals surface area (Å²) in [4.78, 5) is 37.9. The number of hydrogen-bond acceptors (Lipinski definition) is 3. The van der Waals surface area contributed by atoms with Gasteiger partial charge in [0, 0.05) is 5.56 Å². The van der Waals surface area contributed by atoms with Crippen molar-refractivity contribution in [1.29, 1.82) is 0 Å². The van der Waals surface area contributed by atoms with Gasteiger partial charge in [0.2, 0.25) is 0 Å². The molecule has 1 fully saturated rings. The molecule has 1 aliphatic heterocycles. The second-order valence-electron chi connectivity index (χ2n) is 7.94. The number of alkyl halides is 3.